The van der Waals surface area contributed by atoms with Crippen LogP contribution in [0.25, 0.3) is 33.7 Å². The molecular formula is C16H16N6O. The zero-order valence-corrected chi connectivity index (χ0v) is 13.1. The van der Waals surface area contributed by atoms with Gasteiger partial charge < -0.3 is 10.2 Å². The molecule has 1 aromatic carbocycles. The average Bonchev–Trinajstić information content (AvgIpc) is 3.08. The molecule has 3 heterocycles. The molecule has 7 nitrogen and oxygen atoms in total. The van der Waals surface area contributed by atoms with Crippen molar-refractivity contribution < 1.29 is 4.42 Å². The van der Waals surface area contributed by atoms with Gasteiger partial charge >= 0.3 is 0 Å². The van der Waals surface area contributed by atoms with E-state index < -0.39 is 0 Å². The first kappa shape index (κ1) is 13.7. The predicted molar refractivity (Wildman–Crippen MR) is 87.7 cm³/mol. The van der Waals surface area contributed by atoms with E-state index >= 15 is 0 Å². The molecule has 0 bridgehead atoms. The number of nitrogens with zero attached hydrogens (tertiary/aromatic N) is 5. The minimum Gasteiger partial charge on any atom is -0.435 e. The van der Waals surface area contributed by atoms with Crippen molar-refractivity contribution in [3.63, 3.8) is 0 Å². The van der Waals surface area contributed by atoms with Gasteiger partial charge in [0, 0.05) is 0 Å². The van der Waals surface area contributed by atoms with E-state index in [-0.39, 0.29) is 5.54 Å². The van der Waals surface area contributed by atoms with Crippen molar-refractivity contribution in [1.29, 1.82) is 0 Å². The smallest absolute Gasteiger partial charge is 0.249 e. The molecule has 0 fully saturated rings. The van der Waals surface area contributed by atoms with Crippen LogP contribution in [0, 0.1) is 0 Å². The first-order chi connectivity index (χ1) is 10.9. The van der Waals surface area contributed by atoms with E-state index in [9.17, 15) is 0 Å². The van der Waals surface area contributed by atoms with Crippen LogP contribution in [0.3, 0.4) is 0 Å². The van der Waals surface area contributed by atoms with Gasteiger partial charge in [0.05, 0.1) is 10.9 Å². The second kappa shape index (κ2) is 4.52. The van der Waals surface area contributed by atoms with E-state index in [0.29, 0.717) is 34.0 Å². The highest BCUT2D eigenvalue weighted by atomic mass is 16.3. The Morgan fingerprint density at radius 1 is 1.13 bits per heavy atom. The predicted octanol–water partition coefficient (Wildman–Crippen LogP) is 2.97. The number of hydrogen-bond donors (Lipinski definition) is 1. The Labute approximate surface area is 132 Å². The fraction of sp³-hybridized carbons (Fsp3) is 0.250. The molecule has 23 heavy (non-hydrogen) atoms. The van der Waals surface area contributed by atoms with E-state index in [4.69, 9.17) is 10.2 Å². The highest BCUT2D eigenvalue weighted by molar-refractivity contribution is 5.97. The minimum absolute atomic E-state index is 0.261. The van der Waals surface area contributed by atoms with Gasteiger partial charge in [-0.05, 0) is 32.9 Å². The summed E-state index contributed by atoms with van der Waals surface area (Å²) in [7, 11) is 0. The van der Waals surface area contributed by atoms with Crippen molar-refractivity contribution in [3.05, 3.63) is 30.6 Å². The number of aromatic nitrogens is 5. The third-order valence-electron chi connectivity index (χ3n) is 3.63. The maximum Gasteiger partial charge on any atom is 0.249 e. The number of benzene rings is 1. The quantitative estimate of drug-likeness (QED) is 0.581. The number of rotatable bonds is 1. The van der Waals surface area contributed by atoms with Crippen molar-refractivity contribution in [2.45, 2.75) is 26.3 Å². The molecule has 116 valence electrons. The maximum absolute atomic E-state index is 6.07. The Hall–Kier alpha value is -2.96. The summed E-state index contributed by atoms with van der Waals surface area (Å²) < 4.78 is 7.67. The van der Waals surface area contributed by atoms with E-state index in [1.165, 1.54) is 6.33 Å². The van der Waals surface area contributed by atoms with Crippen LogP contribution in [0.4, 0.5) is 5.82 Å². The summed E-state index contributed by atoms with van der Waals surface area (Å²) in [6.45, 7) is 6.15. The van der Waals surface area contributed by atoms with Gasteiger partial charge in [-0.1, -0.05) is 12.1 Å². The molecule has 0 spiro atoms. The molecule has 0 saturated carbocycles. The molecule has 0 aliphatic rings. The molecule has 2 N–H and O–H groups in total. The summed E-state index contributed by atoms with van der Waals surface area (Å²) >= 11 is 0. The molecule has 4 aromatic rings. The van der Waals surface area contributed by atoms with Gasteiger partial charge in [0.15, 0.2) is 16.9 Å². The van der Waals surface area contributed by atoms with Crippen LogP contribution in [0.2, 0.25) is 0 Å². The first-order valence-electron chi connectivity index (χ1n) is 7.31. The lowest BCUT2D eigenvalue weighted by Gasteiger charge is -2.19. The van der Waals surface area contributed by atoms with Gasteiger partial charge in [-0.25, -0.2) is 19.6 Å². The van der Waals surface area contributed by atoms with Gasteiger partial charge in [0.2, 0.25) is 5.89 Å². The van der Waals surface area contributed by atoms with Crippen molar-refractivity contribution >= 4 is 28.0 Å². The molecule has 0 unspecified atom stereocenters. The molecule has 0 saturated heterocycles. The summed E-state index contributed by atoms with van der Waals surface area (Å²) in [5, 5.41) is 5.33. The topological polar surface area (TPSA) is 95.7 Å². The van der Waals surface area contributed by atoms with Crippen molar-refractivity contribution in [2.24, 2.45) is 0 Å². The van der Waals surface area contributed by atoms with E-state index in [0.717, 1.165) is 5.52 Å². The highest BCUT2D eigenvalue weighted by Gasteiger charge is 2.26. The zero-order valence-electron chi connectivity index (χ0n) is 13.1. The van der Waals surface area contributed by atoms with Crippen LogP contribution >= 0.6 is 0 Å². The Bertz CT molecular complexity index is 991. The van der Waals surface area contributed by atoms with Crippen molar-refractivity contribution in [1.82, 2.24) is 24.7 Å². The molecular weight excluding hydrogens is 292 g/mol. The summed E-state index contributed by atoms with van der Waals surface area (Å²) in [5.74, 6) is 0.781. The second-order valence-corrected chi connectivity index (χ2v) is 6.38. The molecule has 0 radical (unpaired) electrons. The highest BCUT2D eigenvalue weighted by Crippen LogP contribution is 2.33. The van der Waals surface area contributed by atoms with Crippen molar-refractivity contribution in [3.8, 4) is 11.6 Å². The lowest BCUT2D eigenvalue weighted by Crippen LogP contribution is -2.23. The summed E-state index contributed by atoms with van der Waals surface area (Å²) in [6, 6.07) is 7.58. The number of anilines is 1. The van der Waals surface area contributed by atoms with Gasteiger partial charge in [0.1, 0.15) is 17.7 Å². The normalized spacial score (nSPS) is 12.3. The maximum atomic E-state index is 6.07. The molecule has 0 aliphatic heterocycles. The van der Waals surface area contributed by atoms with Crippen molar-refractivity contribution in [2.75, 3.05) is 5.73 Å². The lowest BCUT2D eigenvalue weighted by atomic mass is 10.1. The number of para-hydroxylation sites is 2. The van der Waals surface area contributed by atoms with Crippen LogP contribution in [0.1, 0.15) is 20.8 Å². The Kier molecular flexibility index (Phi) is 2.69. The zero-order chi connectivity index (χ0) is 16.2. The fourth-order valence-electron chi connectivity index (χ4n) is 2.57. The minimum atomic E-state index is -0.261. The van der Waals surface area contributed by atoms with E-state index in [1.807, 2.05) is 49.7 Å². The second-order valence-electron chi connectivity index (χ2n) is 6.38. The first-order valence-corrected chi connectivity index (χ1v) is 7.31. The van der Waals surface area contributed by atoms with E-state index in [1.54, 1.807) is 0 Å². The third kappa shape index (κ3) is 2.04. The van der Waals surface area contributed by atoms with Crippen LogP contribution in [0.5, 0.6) is 0 Å². The van der Waals surface area contributed by atoms with Gasteiger partial charge in [-0.3, -0.25) is 0 Å². The Morgan fingerprint density at radius 2 is 1.91 bits per heavy atom. The van der Waals surface area contributed by atoms with Gasteiger partial charge in [-0.15, -0.1) is 0 Å². The number of oxazole rings is 1. The standard InChI is InChI=1S/C16H16N6O/c1-16(2,3)22-14-11(13(17)18-8-19-14)12(21-22)15-20-9-6-4-5-7-10(9)23-15/h4-8H,1-3H3,(H2,17,18,19). The molecule has 3 aromatic heterocycles. The third-order valence-corrected chi connectivity index (χ3v) is 3.63. The van der Waals surface area contributed by atoms with Crippen LogP contribution in [-0.2, 0) is 5.54 Å². The number of fused-ring (bicyclic) bond motifs is 2. The number of nitrogen functional groups attached to an aromatic ring is 1. The lowest BCUT2D eigenvalue weighted by molar-refractivity contribution is 0.366. The molecule has 0 amide bonds. The van der Waals surface area contributed by atoms with Crippen LogP contribution < -0.4 is 5.73 Å². The monoisotopic (exact) mass is 308 g/mol. The van der Waals surface area contributed by atoms with Gasteiger partial charge in [0.25, 0.3) is 0 Å². The molecule has 0 atom stereocenters. The summed E-state index contributed by atoms with van der Waals surface area (Å²) in [6.07, 6.45) is 1.44. The van der Waals surface area contributed by atoms with E-state index in [2.05, 4.69) is 20.1 Å². The largest absolute Gasteiger partial charge is 0.435 e. The fourth-order valence-corrected chi connectivity index (χ4v) is 2.57. The van der Waals surface area contributed by atoms with Crippen LogP contribution in [-0.4, -0.2) is 24.7 Å². The number of hydrogen-bond acceptors (Lipinski definition) is 6. The van der Waals surface area contributed by atoms with Gasteiger partial charge in [-0.2, -0.15) is 5.10 Å². The number of nitrogens with two attached hydrogens (primary N) is 1. The summed E-state index contributed by atoms with van der Waals surface area (Å²) in [5.41, 5.74) is 8.52. The molecule has 4 rings (SSSR count). The summed E-state index contributed by atoms with van der Waals surface area (Å²) in [4.78, 5) is 13.0. The molecule has 7 heteroatoms. The Balaban J connectivity index is 2.07. The Morgan fingerprint density at radius 3 is 2.65 bits per heavy atom. The average molecular weight is 308 g/mol. The SMILES string of the molecule is CC(C)(C)n1nc(-c2nc3ccccc3o2)c2c(N)ncnc21. The van der Waals surface area contributed by atoms with Crippen LogP contribution in [0.15, 0.2) is 35.0 Å². The molecule has 0 aliphatic carbocycles.